The predicted molar refractivity (Wildman–Crippen MR) is 92.6 cm³/mol. The Bertz CT molecular complexity index is 865. The summed E-state index contributed by atoms with van der Waals surface area (Å²) in [5.74, 6) is 0.698. The van der Waals surface area contributed by atoms with Gasteiger partial charge in [0.05, 0.1) is 17.3 Å². The van der Waals surface area contributed by atoms with Crippen LogP contribution in [-0.4, -0.2) is 34.9 Å². The van der Waals surface area contributed by atoms with Crippen LogP contribution in [0.5, 0.6) is 0 Å². The minimum Gasteiger partial charge on any atom is -0.463 e. The van der Waals surface area contributed by atoms with Gasteiger partial charge < -0.3 is 15.1 Å². The van der Waals surface area contributed by atoms with Crippen molar-refractivity contribution < 1.29 is 9.21 Å². The third-order valence-corrected chi connectivity index (χ3v) is 4.55. The first kappa shape index (κ1) is 14.9. The maximum absolute atomic E-state index is 13.1. The summed E-state index contributed by atoms with van der Waals surface area (Å²) in [7, 11) is 0. The largest absolute Gasteiger partial charge is 0.463 e. The highest BCUT2D eigenvalue weighted by atomic mass is 16.3. The number of para-hydroxylation sites is 1. The number of pyridine rings is 1. The molecule has 1 saturated heterocycles. The minimum absolute atomic E-state index is 0.0355. The molecular formula is C19H19N3O2. The van der Waals surface area contributed by atoms with Crippen LogP contribution in [0.3, 0.4) is 0 Å². The summed E-state index contributed by atoms with van der Waals surface area (Å²) in [5.41, 5.74) is 8.09. The van der Waals surface area contributed by atoms with Gasteiger partial charge in [0.2, 0.25) is 0 Å². The number of amides is 1. The van der Waals surface area contributed by atoms with E-state index in [0.717, 1.165) is 23.7 Å². The van der Waals surface area contributed by atoms with Crippen LogP contribution in [0.4, 0.5) is 0 Å². The van der Waals surface area contributed by atoms with E-state index in [-0.39, 0.29) is 11.9 Å². The summed E-state index contributed by atoms with van der Waals surface area (Å²) in [6.45, 7) is 1.40. The molecule has 0 aliphatic carbocycles. The minimum atomic E-state index is 0.0355. The van der Waals surface area contributed by atoms with Gasteiger partial charge in [-0.2, -0.15) is 0 Å². The van der Waals surface area contributed by atoms with Crippen molar-refractivity contribution in [3.63, 3.8) is 0 Å². The zero-order valence-electron chi connectivity index (χ0n) is 13.3. The van der Waals surface area contributed by atoms with Crippen LogP contribution >= 0.6 is 0 Å². The Labute approximate surface area is 140 Å². The summed E-state index contributed by atoms with van der Waals surface area (Å²) < 4.78 is 5.46. The lowest BCUT2D eigenvalue weighted by atomic mass is 10.0. The van der Waals surface area contributed by atoms with Crippen LogP contribution in [0.15, 0.2) is 53.1 Å². The van der Waals surface area contributed by atoms with E-state index in [1.165, 1.54) is 0 Å². The fourth-order valence-electron chi connectivity index (χ4n) is 3.18. The summed E-state index contributed by atoms with van der Waals surface area (Å²) in [6, 6.07) is 13.4. The standard InChI is InChI=1S/C19H19N3O2/c20-13-7-9-22(10-8-13)19(23)15-12-17(18-6-3-11-24-18)21-16-5-2-1-4-14(15)16/h1-6,11-13H,7-10,20H2. The highest BCUT2D eigenvalue weighted by Gasteiger charge is 2.24. The molecule has 1 amide bonds. The van der Waals surface area contributed by atoms with E-state index in [4.69, 9.17) is 10.2 Å². The molecule has 24 heavy (non-hydrogen) atoms. The first-order valence-corrected chi connectivity index (χ1v) is 8.21. The molecule has 0 radical (unpaired) electrons. The van der Waals surface area contributed by atoms with E-state index in [1.807, 2.05) is 47.4 Å². The molecule has 1 fully saturated rings. The number of nitrogens with zero attached hydrogens (tertiary/aromatic N) is 2. The summed E-state index contributed by atoms with van der Waals surface area (Å²) in [5, 5.41) is 0.868. The molecule has 5 heteroatoms. The van der Waals surface area contributed by atoms with E-state index in [0.29, 0.717) is 30.1 Å². The van der Waals surface area contributed by atoms with Gasteiger partial charge >= 0.3 is 0 Å². The van der Waals surface area contributed by atoms with Crippen LogP contribution in [-0.2, 0) is 0 Å². The van der Waals surface area contributed by atoms with Gasteiger partial charge in [-0.3, -0.25) is 4.79 Å². The normalized spacial score (nSPS) is 15.8. The molecule has 3 aromatic rings. The molecule has 4 rings (SSSR count). The van der Waals surface area contributed by atoms with Crippen LogP contribution in [0.1, 0.15) is 23.2 Å². The Morgan fingerprint density at radius 2 is 1.96 bits per heavy atom. The highest BCUT2D eigenvalue weighted by Crippen LogP contribution is 2.26. The number of hydrogen-bond donors (Lipinski definition) is 1. The Hall–Kier alpha value is -2.66. The molecule has 0 unspecified atom stereocenters. The molecule has 0 saturated carbocycles. The number of fused-ring (bicyclic) bond motifs is 1. The Balaban J connectivity index is 1.79. The monoisotopic (exact) mass is 321 g/mol. The van der Waals surface area contributed by atoms with Crippen molar-refractivity contribution in [3.05, 3.63) is 54.3 Å². The quantitative estimate of drug-likeness (QED) is 0.787. The van der Waals surface area contributed by atoms with Gasteiger partial charge in [-0.25, -0.2) is 4.98 Å². The van der Waals surface area contributed by atoms with Crippen LogP contribution < -0.4 is 5.73 Å². The topological polar surface area (TPSA) is 72.4 Å². The Kier molecular flexibility index (Phi) is 3.78. The van der Waals surface area contributed by atoms with Gasteiger partial charge in [0.15, 0.2) is 5.76 Å². The van der Waals surface area contributed by atoms with Gasteiger partial charge in [0.1, 0.15) is 5.69 Å². The van der Waals surface area contributed by atoms with Crippen molar-refractivity contribution in [1.29, 1.82) is 0 Å². The van der Waals surface area contributed by atoms with E-state index < -0.39 is 0 Å². The number of benzene rings is 1. The average Bonchev–Trinajstić information content (AvgIpc) is 3.15. The second-order valence-corrected chi connectivity index (χ2v) is 6.18. The second kappa shape index (κ2) is 6.09. The number of rotatable bonds is 2. The first-order valence-electron chi connectivity index (χ1n) is 8.21. The van der Waals surface area contributed by atoms with E-state index in [2.05, 4.69) is 4.98 Å². The van der Waals surface area contributed by atoms with Crippen LogP contribution in [0.25, 0.3) is 22.4 Å². The molecule has 1 aromatic carbocycles. The fourth-order valence-corrected chi connectivity index (χ4v) is 3.18. The van der Waals surface area contributed by atoms with E-state index in [9.17, 15) is 4.79 Å². The summed E-state index contributed by atoms with van der Waals surface area (Å²) in [6.07, 6.45) is 3.30. The summed E-state index contributed by atoms with van der Waals surface area (Å²) in [4.78, 5) is 19.6. The van der Waals surface area contributed by atoms with Crippen molar-refractivity contribution in [2.75, 3.05) is 13.1 Å². The van der Waals surface area contributed by atoms with Crippen molar-refractivity contribution in [2.45, 2.75) is 18.9 Å². The molecule has 122 valence electrons. The van der Waals surface area contributed by atoms with Crippen molar-refractivity contribution in [3.8, 4) is 11.5 Å². The zero-order chi connectivity index (χ0) is 16.5. The fraction of sp³-hybridized carbons (Fsp3) is 0.263. The number of likely N-dealkylation sites (tertiary alicyclic amines) is 1. The molecule has 1 aliphatic rings. The lowest BCUT2D eigenvalue weighted by Crippen LogP contribution is -2.42. The van der Waals surface area contributed by atoms with E-state index in [1.54, 1.807) is 6.26 Å². The third-order valence-electron chi connectivity index (χ3n) is 4.55. The number of carbonyl (C=O) groups excluding carboxylic acids is 1. The number of furan rings is 1. The molecule has 0 bridgehead atoms. The lowest BCUT2D eigenvalue weighted by Gasteiger charge is -2.30. The van der Waals surface area contributed by atoms with Gasteiger partial charge in [-0.05, 0) is 37.1 Å². The van der Waals surface area contributed by atoms with E-state index >= 15 is 0 Å². The number of piperidine rings is 1. The third kappa shape index (κ3) is 2.67. The van der Waals surface area contributed by atoms with Gasteiger partial charge in [0.25, 0.3) is 5.91 Å². The number of nitrogens with two attached hydrogens (primary N) is 1. The number of hydrogen-bond acceptors (Lipinski definition) is 4. The van der Waals surface area contributed by atoms with Crippen molar-refractivity contribution in [1.82, 2.24) is 9.88 Å². The zero-order valence-corrected chi connectivity index (χ0v) is 13.3. The highest BCUT2D eigenvalue weighted by molar-refractivity contribution is 6.07. The average molecular weight is 321 g/mol. The van der Waals surface area contributed by atoms with Gasteiger partial charge in [-0.15, -0.1) is 0 Å². The van der Waals surface area contributed by atoms with Crippen molar-refractivity contribution >= 4 is 16.8 Å². The maximum Gasteiger partial charge on any atom is 0.254 e. The SMILES string of the molecule is NC1CCN(C(=O)c2cc(-c3ccco3)nc3ccccc23)CC1. The molecule has 1 aliphatic heterocycles. The van der Waals surface area contributed by atoms with Crippen molar-refractivity contribution in [2.24, 2.45) is 5.73 Å². The Morgan fingerprint density at radius 3 is 2.71 bits per heavy atom. The molecule has 2 aromatic heterocycles. The van der Waals surface area contributed by atoms with Crippen LogP contribution in [0.2, 0.25) is 0 Å². The first-order chi connectivity index (χ1) is 11.7. The van der Waals surface area contributed by atoms with Gasteiger partial charge in [0, 0.05) is 24.5 Å². The number of aromatic nitrogens is 1. The lowest BCUT2D eigenvalue weighted by molar-refractivity contribution is 0.0716. The molecular weight excluding hydrogens is 302 g/mol. The summed E-state index contributed by atoms with van der Waals surface area (Å²) >= 11 is 0. The molecule has 0 spiro atoms. The Morgan fingerprint density at radius 1 is 1.17 bits per heavy atom. The maximum atomic E-state index is 13.1. The smallest absolute Gasteiger partial charge is 0.254 e. The second-order valence-electron chi connectivity index (χ2n) is 6.18. The van der Waals surface area contributed by atoms with Gasteiger partial charge in [-0.1, -0.05) is 18.2 Å². The van der Waals surface area contributed by atoms with Crippen LogP contribution in [0, 0.1) is 0 Å². The molecule has 3 heterocycles. The molecule has 2 N–H and O–H groups in total. The number of carbonyl (C=O) groups is 1. The molecule has 0 atom stereocenters. The molecule has 5 nitrogen and oxygen atoms in total. The predicted octanol–water partition coefficient (Wildman–Crippen LogP) is 3.06.